The summed E-state index contributed by atoms with van der Waals surface area (Å²) in [4.78, 5) is 11.0. The van der Waals surface area contributed by atoms with Crippen molar-refractivity contribution in [2.45, 2.75) is 0 Å². The molecule has 0 bridgehead atoms. The van der Waals surface area contributed by atoms with Crippen LogP contribution in [0, 0.1) is 5.82 Å². The van der Waals surface area contributed by atoms with Gasteiger partial charge in [-0.25, -0.2) is 4.39 Å². The monoisotopic (exact) mass is 264 g/mol. The number of carbonyl (C=O) groups excluding carboxylic acids is 1. The van der Waals surface area contributed by atoms with Crippen molar-refractivity contribution < 1.29 is 13.9 Å². The highest BCUT2D eigenvalue weighted by molar-refractivity contribution is 6.31. The Hall–Kier alpha value is -1.87. The lowest BCUT2D eigenvalue weighted by Crippen LogP contribution is -1.91. The third kappa shape index (κ3) is 2.36. The van der Waals surface area contributed by atoms with Crippen molar-refractivity contribution in [1.29, 1.82) is 0 Å². The smallest absolute Gasteiger partial charge is 0.165 e. The van der Waals surface area contributed by atoms with Crippen LogP contribution in [0.4, 0.5) is 4.39 Å². The molecule has 0 amide bonds. The van der Waals surface area contributed by atoms with Gasteiger partial charge in [0.25, 0.3) is 0 Å². The lowest BCUT2D eigenvalue weighted by Gasteiger charge is -2.08. The van der Waals surface area contributed by atoms with Crippen LogP contribution < -0.4 is 4.74 Å². The van der Waals surface area contributed by atoms with Crippen molar-refractivity contribution >= 4 is 17.9 Å². The highest BCUT2D eigenvalue weighted by atomic mass is 35.5. The molecule has 0 saturated heterocycles. The topological polar surface area (TPSA) is 26.3 Å². The molecule has 0 saturated carbocycles. The number of hydrogen-bond donors (Lipinski definition) is 0. The molecule has 0 heterocycles. The molecule has 4 heteroatoms. The number of benzene rings is 2. The van der Waals surface area contributed by atoms with Gasteiger partial charge in [-0.05, 0) is 41.5 Å². The van der Waals surface area contributed by atoms with Gasteiger partial charge in [0.05, 0.1) is 7.11 Å². The summed E-state index contributed by atoms with van der Waals surface area (Å²) in [6.07, 6.45) is 0.716. The van der Waals surface area contributed by atoms with Crippen LogP contribution in [0.3, 0.4) is 0 Å². The zero-order valence-electron chi connectivity index (χ0n) is 9.61. The van der Waals surface area contributed by atoms with Gasteiger partial charge in [0.1, 0.15) is 0 Å². The molecule has 92 valence electrons. The number of carbonyl (C=O) groups is 1. The molecule has 2 aromatic carbocycles. The Morgan fingerprint density at radius 2 is 2.00 bits per heavy atom. The molecule has 0 aromatic heterocycles. The average molecular weight is 265 g/mol. The summed E-state index contributed by atoms with van der Waals surface area (Å²) in [7, 11) is 1.40. The predicted octanol–water partition coefficient (Wildman–Crippen LogP) is 3.97. The molecule has 0 aliphatic rings. The number of halogens is 2. The molecule has 0 unspecified atom stereocenters. The van der Waals surface area contributed by atoms with Crippen LogP contribution in [0.1, 0.15) is 10.4 Å². The van der Waals surface area contributed by atoms with Crippen LogP contribution in [-0.4, -0.2) is 13.4 Å². The highest BCUT2D eigenvalue weighted by Gasteiger charge is 2.09. The first kappa shape index (κ1) is 12.6. The standard InChI is InChI=1S/C14H10ClFO2/c1-18-14-5-3-9(6-13(14)16)12-7-11(15)4-2-10(12)8-17/h2-8H,1H3. The van der Waals surface area contributed by atoms with Crippen LogP contribution in [0.25, 0.3) is 11.1 Å². The molecule has 18 heavy (non-hydrogen) atoms. The van der Waals surface area contributed by atoms with Crippen molar-refractivity contribution in [2.24, 2.45) is 0 Å². The van der Waals surface area contributed by atoms with Gasteiger partial charge in [0.2, 0.25) is 0 Å². The molecule has 0 aliphatic heterocycles. The van der Waals surface area contributed by atoms with E-state index in [-0.39, 0.29) is 5.75 Å². The zero-order chi connectivity index (χ0) is 13.1. The number of rotatable bonds is 3. The largest absolute Gasteiger partial charge is 0.494 e. The van der Waals surface area contributed by atoms with E-state index in [1.807, 2.05) is 0 Å². The second-order valence-electron chi connectivity index (χ2n) is 3.70. The van der Waals surface area contributed by atoms with E-state index in [0.717, 1.165) is 0 Å². The lowest BCUT2D eigenvalue weighted by molar-refractivity contribution is 0.112. The fourth-order valence-corrected chi connectivity index (χ4v) is 1.89. The van der Waals surface area contributed by atoms with Crippen molar-refractivity contribution in [1.82, 2.24) is 0 Å². The molecule has 2 nitrogen and oxygen atoms in total. The number of methoxy groups -OCH3 is 1. The van der Waals surface area contributed by atoms with E-state index in [4.69, 9.17) is 16.3 Å². The van der Waals surface area contributed by atoms with E-state index in [1.165, 1.54) is 19.2 Å². The minimum absolute atomic E-state index is 0.161. The van der Waals surface area contributed by atoms with Gasteiger partial charge in [-0.15, -0.1) is 0 Å². The highest BCUT2D eigenvalue weighted by Crippen LogP contribution is 2.29. The number of aldehydes is 1. The molecule has 0 radical (unpaired) electrons. The summed E-state index contributed by atoms with van der Waals surface area (Å²) >= 11 is 5.89. The third-order valence-electron chi connectivity index (χ3n) is 2.61. The average Bonchev–Trinajstić information content (AvgIpc) is 2.38. The van der Waals surface area contributed by atoms with Crippen LogP contribution in [0.2, 0.25) is 5.02 Å². The third-order valence-corrected chi connectivity index (χ3v) is 2.84. The van der Waals surface area contributed by atoms with Crippen molar-refractivity contribution in [3.8, 4) is 16.9 Å². The summed E-state index contributed by atoms with van der Waals surface area (Å²) < 4.78 is 18.5. The second-order valence-corrected chi connectivity index (χ2v) is 4.14. The summed E-state index contributed by atoms with van der Waals surface area (Å²) in [5.74, 6) is -0.319. The molecule has 0 spiro atoms. The Bertz CT molecular complexity index is 596. The predicted molar refractivity (Wildman–Crippen MR) is 68.8 cm³/mol. The fourth-order valence-electron chi connectivity index (χ4n) is 1.72. The zero-order valence-corrected chi connectivity index (χ0v) is 10.4. The van der Waals surface area contributed by atoms with Crippen molar-refractivity contribution in [3.05, 3.63) is 52.8 Å². The van der Waals surface area contributed by atoms with Crippen LogP contribution in [0.15, 0.2) is 36.4 Å². The maximum Gasteiger partial charge on any atom is 0.165 e. The maximum absolute atomic E-state index is 13.6. The van der Waals surface area contributed by atoms with Gasteiger partial charge in [-0.2, -0.15) is 0 Å². The van der Waals surface area contributed by atoms with Gasteiger partial charge in [-0.3, -0.25) is 4.79 Å². The second kappa shape index (κ2) is 5.19. The first-order valence-corrected chi connectivity index (χ1v) is 5.62. The van der Waals surface area contributed by atoms with E-state index in [2.05, 4.69) is 0 Å². The summed E-state index contributed by atoms with van der Waals surface area (Å²) in [5.41, 5.74) is 1.64. The Balaban J connectivity index is 2.57. The van der Waals surface area contributed by atoms with E-state index >= 15 is 0 Å². The minimum Gasteiger partial charge on any atom is -0.494 e. The van der Waals surface area contributed by atoms with Crippen LogP contribution in [0.5, 0.6) is 5.75 Å². The van der Waals surface area contributed by atoms with E-state index < -0.39 is 5.82 Å². The van der Waals surface area contributed by atoms with Gasteiger partial charge in [-0.1, -0.05) is 17.7 Å². The SMILES string of the molecule is COc1ccc(-c2cc(Cl)ccc2C=O)cc1F. The Morgan fingerprint density at radius 3 is 2.61 bits per heavy atom. The first-order valence-electron chi connectivity index (χ1n) is 5.24. The normalized spacial score (nSPS) is 10.2. The first-order chi connectivity index (χ1) is 8.65. The van der Waals surface area contributed by atoms with E-state index in [0.29, 0.717) is 28.0 Å². The fraction of sp³-hybridized carbons (Fsp3) is 0.0714. The Kier molecular flexibility index (Phi) is 3.63. The Labute approximate surface area is 109 Å². The number of ether oxygens (including phenoxy) is 1. The maximum atomic E-state index is 13.6. The molecule has 0 aliphatic carbocycles. The molecule has 0 N–H and O–H groups in total. The summed E-state index contributed by atoms with van der Waals surface area (Å²) in [5, 5.41) is 0.492. The van der Waals surface area contributed by atoms with Crippen molar-refractivity contribution in [2.75, 3.05) is 7.11 Å². The van der Waals surface area contributed by atoms with Gasteiger partial charge in [0.15, 0.2) is 17.9 Å². The number of hydrogen-bond acceptors (Lipinski definition) is 2. The van der Waals surface area contributed by atoms with E-state index in [9.17, 15) is 9.18 Å². The Morgan fingerprint density at radius 1 is 1.22 bits per heavy atom. The summed E-state index contributed by atoms with van der Waals surface area (Å²) in [6, 6.07) is 9.37. The lowest BCUT2D eigenvalue weighted by atomic mass is 10.0. The van der Waals surface area contributed by atoms with Crippen LogP contribution in [-0.2, 0) is 0 Å². The molecule has 2 rings (SSSR count). The van der Waals surface area contributed by atoms with E-state index in [1.54, 1.807) is 24.3 Å². The summed E-state index contributed by atoms with van der Waals surface area (Å²) in [6.45, 7) is 0. The van der Waals surface area contributed by atoms with Crippen LogP contribution >= 0.6 is 11.6 Å². The molecule has 0 fully saturated rings. The molecule has 0 atom stereocenters. The molecular formula is C14H10ClFO2. The molecular weight excluding hydrogens is 255 g/mol. The molecule has 2 aromatic rings. The van der Waals surface area contributed by atoms with Gasteiger partial charge >= 0.3 is 0 Å². The van der Waals surface area contributed by atoms with Gasteiger partial charge < -0.3 is 4.74 Å². The van der Waals surface area contributed by atoms with Crippen molar-refractivity contribution in [3.63, 3.8) is 0 Å². The van der Waals surface area contributed by atoms with Gasteiger partial charge in [0, 0.05) is 10.6 Å². The quantitative estimate of drug-likeness (QED) is 0.784. The minimum atomic E-state index is -0.480.